The molecule has 0 bridgehead atoms. The maximum atomic E-state index is 12.6. The van der Waals surface area contributed by atoms with Crippen LogP contribution in [0, 0.1) is 0 Å². The highest BCUT2D eigenvalue weighted by Gasteiger charge is 2.19. The summed E-state index contributed by atoms with van der Waals surface area (Å²) in [5.74, 6) is 0.833. The summed E-state index contributed by atoms with van der Waals surface area (Å²) in [6, 6.07) is 10.2. The molecule has 2 heterocycles. The molecule has 0 unspecified atom stereocenters. The van der Waals surface area contributed by atoms with E-state index in [1.807, 2.05) is 22.8 Å². The Labute approximate surface area is 164 Å². The van der Waals surface area contributed by atoms with Crippen molar-refractivity contribution in [3.63, 3.8) is 0 Å². The van der Waals surface area contributed by atoms with E-state index in [9.17, 15) is 9.59 Å². The van der Waals surface area contributed by atoms with Crippen LogP contribution in [-0.2, 0) is 26.6 Å². The number of nitrogens with zero attached hydrogens (tertiary/aromatic N) is 4. The normalized spacial score (nSPS) is 11.6. The highest BCUT2D eigenvalue weighted by atomic mass is 16.2. The van der Waals surface area contributed by atoms with Crippen LogP contribution in [0.5, 0.6) is 0 Å². The van der Waals surface area contributed by atoms with Crippen LogP contribution in [0.4, 0.5) is 0 Å². The van der Waals surface area contributed by atoms with E-state index in [1.165, 1.54) is 10.1 Å². The molecule has 0 saturated carbocycles. The summed E-state index contributed by atoms with van der Waals surface area (Å²) in [5, 5.41) is 0. The Morgan fingerprint density at radius 3 is 2.39 bits per heavy atom. The smallest absolute Gasteiger partial charge is 0.321 e. The number of hydrogen-bond donors (Lipinski definition) is 1. The number of nitrogens with one attached hydrogen (secondary N) is 1. The molecule has 0 radical (unpaired) electrons. The van der Waals surface area contributed by atoms with Crippen molar-refractivity contribution in [2.45, 2.75) is 46.2 Å². The van der Waals surface area contributed by atoms with Gasteiger partial charge in [-0.2, -0.15) is 0 Å². The van der Waals surface area contributed by atoms with Gasteiger partial charge in [-0.3, -0.25) is 19.2 Å². The van der Waals surface area contributed by atoms with E-state index in [1.54, 1.807) is 7.05 Å². The molecule has 0 aliphatic carbocycles. The van der Waals surface area contributed by atoms with Crippen LogP contribution in [0.1, 0.15) is 38.1 Å². The zero-order chi connectivity index (χ0) is 20.1. The Morgan fingerprint density at radius 1 is 1.07 bits per heavy atom. The van der Waals surface area contributed by atoms with E-state index in [2.05, 4.69) is 35.9 Å². The summed E-state index contributed by atoms with van der Waals surface area (Å²) >= 11 is 0. The molecule has 3 rings (SSSR count). The first kappa shape index (κ1) is 20.1. The summed E-state index contributed by atoms with van der Waals surface area (Å²) in [6.07, 6.45) is 2.91. The fourth-order valence-electron chi connectivity index (χ4n) is 3.63. The standard InChI is InChI=1S/C21H29N5O2/c1-4-12-25(13-5-2)15-17-22-19-18(20(27)23-21(28)24(19)3)26(17)14-11-16-9-7-6-8-10-16/h6-10H,4-5,11-15H2,1-3H3,(H,23,27,28). The van der Waals surface area contributed by atoms with Crippen LogP contribution < -0.4 is 11.2 Å². The zero-order valence-electron chi connectivity index (χ0n) is 16.9. The topological polar surface area (TPSA) is 75.9 Å². The minimum Gasteiger partial charge on any atom is -0.321 e. The first-order chi connectivity index (χ1) is 13.5. The molecular formula is C21H29N5O2. The number of rotatable bonds is 9. The van der Waals surface area contributed by atoms with E-state index in [-0.39, 0.29) is 5.56 Å². The van der Waals surface area contributed by atoms with E-state index in [0.717, 1.165) is 38.2 Å². The fourth-order valence-corrected chi connectivity index (χ4v) is 3.63. The molecule has 7 nitrogen and oxygen atoms in total. The average molecular weight is 383 g/mol. The van der Waals surface area contributed by atoms with E-state index >= 15 is 0 Å². The predicted octanol–water partition coefficient (Wildman–Crippen LogP) is 2.29. The molecule has 0 atom stereocenters. The summed E-state index contributed by atoms with van der Waals surface area (Å²) in [5.41, 5.74) is 1.32. The molecule has 1 aromatic carbocycles. The van der Waals surface area contributed by atoms with Gasteiger partial charge in [0.25, 0.3) is 5.56 Å². The van der Waals surface area contributed by atoms with E-state index in [0.29, 0.717) is 24.3 Å². The Bertz CT molecular complexity index is 1030. The lowest BCUT2D eigenvalue weighted by atomic mass is 10.1. The van der Waals surface area contributed by atoms with Gasteiger partial charge >= 0.3 is 5.69 Å². The van der Waals surface area contributed by atoms with Gasteiger partial charge in [0.1, 0.15) is 5.82 Å². The number of imidazole rings is 1. The van der Waals surface area contributed by atoms with E-state index < -0.39 is 5.69 Å². The zero-order valence-corrected chi connectivity index (χ0v) is 16.9. The van der Waals surface area contributed by atoms with Gasteiger partial charge in [-0.15, -0.1) is 0 Å². The molecule has 2 aromatic heterocycles. The molecule has 0 amide bonds. The number of aromatic nitrogens is 4. The molecule has 7 heteroatoms. The average Bonchev–Trinajstić information content (AvgIpc) is 3.04. The van der Waals surface area contributed by atoms with Gasteiger partial charge < -0.3 is 4.57 Å². The van der Waals surface area contributed by atoms with Gasteiger partial charge in [-0.1, -0.05) is 44.2 Å². The molecule has 28 heavy (non-hydrogen) atoms. The Hall–Kier alpha value is -2.67. The van der Waals surface area contributed by atoms with Gasteiger partial charge in [0.05, 0.1) is 6.54 Å². The van der Waals surface area contributed by atoms with Gasteiger partial charge in [-0.25, -0.2) is 9.78 Å². The third-order valence-electron chi connectivity index (χ3n) is 5.00. The fraction of sp³-hybridized carbons (Fsp3) is 0.476. The van der Waals surface area contributed by atoms with Crippen molar-refractivity contribution in [3.8, 4) is 0 Å². The van der Waals surface area contributed by atoms with Gasteiger partial charge in [0.15, 0.2) is 11.2 Å². The van der Waals surface area contributed by atoms with Crippen LogP contribution >= 0.6 is 0 Å². The lowest BCUT2D eigenvalue weighted by Crippen LogP contribution is -2.29. The van der Waals surface area contributed by atoms with Crippen molar-refractivity contribution in [1.82, 2.24) is 24.0 Å². The second kappa shape index (κ2) is 9.01. The highest BCUT2D eigenvalue weighted by molar-refractivity contribution is 5.70. The van der Waals surface area contributed by atoms with Crippen LogP contribution in [-0.4, -0.2) is 37.1 Å². The summed E-state index contributed by atoms with van der Waals surface area (Å²) in [4.78, 5) is 34.1. The lowest BCUT2D eigenvalue weighted by molar-refractivity contribution is 0.256. The third kappa shape index (κ3) is 4.25. The highest BCUT2D eigenvalue weighted by Crippen LogP contribution is 2.15. The Balaban J connectivity index is 2.04. The minimum atomic E-state index is -0.435. The van der Waals surface area contributed by atoms with Gasteiger partial charge in [0, 0.05) is 13.6 Å². The molecule has 150 valence electrons. The first-order valence-electron chi connectivity index (χ1n) is 9.99. The lowest BCUT2D eigenvalue weighted by Gasteiger charge is -2.21. The van der Waals surface area contributed by atoms with Crippen molar-refractivity contribution in [2.75, 3.05) is 13.1 Å². The Kier molecular flexibility index (Phi) is 6.46. The SMILES string of the molecule is CCCN(CCC)Cc1nc2c(c(=O)[nH]c(=O)n2C)n1CCc1ccccc1. The minimum absolute atomic E-state index is 0.373. The first-order valence-corrected chi connectivity index (χ1v) is 9.99. The van der Waals surface area contributed by atoms with Crippen molar-refractivity contribution in [2.24, 2.45) is 7.05 Å². The largest absolute Gasteiger partial charge is 0.329 e. The summed E-state index contributed by atoms with van der Waals surface area (Å²) in [7, 11) is 1.65. The predicted molar refractivity (Wildman–Crippen MR) is 112 cm³/mol. The summed E-state index contributed by atoms with van der Waals surface area (Å²) in [6.45, 7) is 7.59. The van der Waals surface area contributed by atoms with Crippen LogP contribution in [0.3, 0.4) is 0 Å². The molecule has 0 aliphatic heterocycles. The number of fused-ring (bicyclic) bond motifs is 1. The molecule has 0 saturated heterocycles. The quantitative estimate of drug-likeness (QED) is 0.615. The number of aryl methyl sites for hydroxylation is 3. The third-order valence-corrected chi connectivity index (χ3v) is 5.00. The molecule has 0 aliphatic rings. The number of hydrogen-bond acceptors (Lipinski definition) is 4. The van der Waals surface area contributed by atoms with Gasteiger partial charge in [-0.05, 0) is 37.9 Å². The van der Waals surface area contributed by atoms with Crippen molar-refractivity contribution < 1.29 is 0 Å². The molecule has 3 aromatic rings. The van der Waals surface area contributed by atoms with Gasteiger partial charge in [0.2, 0.25) is 0 Å². The second-order valence-corrected chi connectivity index (χ2v) is 7.18. The molecular weight excluding hydrogens is 354 g/mol. The van der Waals surface area contributed by atoms with Crippen LogP contribution in [0.25, 0.3) is 11.2 Å². The molecule has 0 fully saturated rings. The number of benzene rings is 1. The van der Waals surface area contributed by atoms with Crippen molar-refractivity contribution >= 4 is 11.2 Å². The second-order valence-electron chi connectivity index (χ2n) is 7.18. The number of H-pyrrole nitrogens is 1. The number of aromatic amines is 1. The van der Waals surface area contributed by atoms with Crippen LogP contribution in [0.2, 0.25) is 0 Å². The maximum Gasteiger partial charge on any atom is 0.329 e. The summed E-state index contributed by atoms with van der Waals surface area (Å²) < 4.78 is 3.40. The Morgan fingerprint density at radius 2 is 1.75 bits per heavy atom. The molecule has 1 N–H and O–H groups in total. The molecule has 0 spiro atoms. The van der Waals surface area contributed by atoms with Crippen molar-refractivity contribution in [1.29, 1.82) is 0 Å². The maximum absolute atomic E-state index is 12.6. The van der Waals surface area contributed by atoms with Crippen molar-refractivity contribution in [3.05, 3.63) is 62.6 Å². The van der Waals surface area contributed by atoms with Crippen LogP contribution in [0.15, 0.2) is 39.9 Å². The monoisotopic (exact) mass is 383 g/mol. The van der Waals surface area contributed by atoms with E-state index in [4.69, 9.17) is 4.98 Å².